The van der Waals surface area contributed by atoms with Gasteiger partial charge in [-0.3, -0.25) is 0 Å². The standard InChI is InChI=1S/C13H17BrFNO3/c1-13(2,3)19-12(18)16-7-10(17)8-5-4-6-9(15)11(8)14/h4-6,10,17H,7H2,1-3H3,(H,16,18). The van der Waals surface area contributed by atoms with Crippen molar-refractivity contribution in [3.63, 3.8) is 0 Å². The Balaban J connectivity index is 2.59. The molecule has 0 aliphatic heterocycles. The molecule has 0 aromatic heterocycles. The number of alkyl carbamates (subject to hydrolysis) is 1. The van der Waals surface area contributed by atoms with Crippen LogP contribution in [-0.4, -0.2) is 23.3 Å². The number of hydrogen-bond acceptors (Lipinski definition) is 3. The highest BCUT2D eigenvalue weighted by Crippen LogP contribution is 2.25. The second-order valence-corrected chi connectivity index (χ2v) is 5.83. The van der Waals surface area contributed by atoms with E-state index >= 15 is 0 Å². The van der Waals surface area contributed by atoms with Gasteiger partial charge in [-0.05, 0) is 48.3 Å². The van der Waals surface area contributed by atoms with Crippen LogP contribution < -0.4 is 5.32 Å². The van der Waals surface area contributed by atoms with E-state index in [0.29, 0.717) is 5.56 Å². The maximum atomic E-state index is 13.3. The number of aliphatic hydroxyl groups is 1. The minimum Gasteiger partial charge on any atom is -0.444 e. The number of halogens is 2. The van der Waals surface area contributed by atoms with Crippen LogP contribution in [0.2, 0.25) is 0 Å². The molecule has 0 radical (unpaired) electrons. The van der Waals surface area contributed by atoms with Crippen molar-refractivity contribution in [1.82, 2.24) is 5.32 Å². The average Bonchev–Trinajstić information content (AvgIpc) is 2.27. The molecule has 1 atom stereocenters. The van der Waals surface area contributed by atoms with Crippen molar-refractivity contribution < 1.29 is 19.0 Å². The molecule has 19 heavy (non-hydrogen) atoms. The summed E-state index contributed by atoms with van der Waals surface area (Å²) in [6, 6.07) is 4.35. The van der Waals surface area contributed by atoms with Crippen LogP contribution in [0.1, 0.15) is 32.4 Å². The van der Waals surface area contributed by atoms with Gasteiger partial charge in [-0.25, -0.2) is 9.18 Å². The van der Waals surface area contributed by atoms with E-state index in [-0.39, 0.29) is 11.0 Å². The summed E-state index contributed by atoms with van der Waals surface area (Å²) in [5.41, 5.74) is -0.231. The zero-order valence-electron chi connectivity index (χ0n) is 11.0. The number of hydrogen-bond donors (Lipinski definition) is 2. The number of rotatable bonds is 3. The molecule has 0 aliphatic rings. The van der Waals surface area contributed by atoms with Gasteiger partial charge in [-0.1, -0.05) is 12.1 Å². The number of nitrogens with one attached hydrogen (secondary N) is 1. The quantitative estimate of drug-likeness (QED) is 0.893. The molecule has 0 heterocycles. The molecular weight excluding hydrogens is 317 g/mol. The van der Waals surface area contributed by atoms with Crippen LogP contribution in [0.4, 0.5) is 9.18 Å². The largest absolute Gasteiger partial charge is 0.444 e. The molecule has 0 fully saturated rings. The van der Waals surface area contributed by atoms with Crippen LogP contribution >= 0.6 is 15.9 Å². The Hall–Kier alpha value is -1.14. The fourth-order valence-corrected chi connectivity index (χ4v) is 1.91. The predicted octanol–water partition coefficient (Wildman–Crippen LogP) is 3.15. The first-order valence-corrected chi connectivity index (χ1v) is 6.59. The summed E-state index contributed by atoms with van der Waals surface area (Å²) in [5.74, 6) is -0.464. The number of ether oxygens (including phenoxy) is 1. The van der Waals surface area contributed by atoms with E-state index in [4.69, 9.17) is 4.74 Å². The Kier molecular flexibility index (Phi) is 5.31. The third-order valence-corrected chi connectivity index (χ3v) is 3.02. The summed E-state index contributed by atoms with van der Waals surface area (Å²) in [6.07, 6.45) is -1.64. The van der Waals surface area contributed by atoms with Gasteiger partial charge >= 0.3 is 6.09 Å². The van der Waals surface area contributed by atoms with E-state index in [1.54, 1.807) is 26.8 Å². The van der Waals surface area contributed by atoms with E-state index in [0.717, 1.165) is 0 Å². The van der Waals surface area contributed by atoms with Gasteiger partial charge < -0.3 is 15.2 Å². The van der Waals surface area contributed by atoms with Gasteiger partial charge in [0.25, 0.3) is 0 Å². The molecule has 1 aromatic rings. The summed E-state index contributed by atoms with van der Waals surface area (Å²) in [4.78, 5) is 11.4. The summed E-state index contributed by atoms with van der Waals surface area (Å²) < 4.78 is 18.5. The highest BCUT2D eigenvalue weighted by atomic mass is 79.9. The van der Waals surface area contributed by atoms with Crippen LogP contribution in [0, 0.1) is 5.82 Å². The third kappa shape index (κ3) is 5.16. The lowest BCUT2D eigenvalue weighted by atomic mass is 10.1. The van der Waals surface area contributed by atoms with E-state index in [2.05, 4.69) is 21.2 Å². The fraction of sp³-hybridized carbons (Fsp3) is 0.462. The van der Waals surface area contributed by atoms with Gasteiger partial charge in [0.2, 0.25) is 0 Å². The van der Waals surface area contributed by atoms with Crippen LogP contribution in [0.5, 0.6) is 0 Å². The van der Waals surface area contributed by atoms with Crippen molar-refractivity contribution in [3.05, 3.63) is 34.1 Å². The maximum absolute atomic E-state index is 13.3. The second kappa shape index (κ2) is 6.34. The molecule has 0 saturated carbocycles. The molecule has 2 N–H and O–H groups in total. The summed E-state index contributed by atoms with van der Waals surface area (Å²) in [5, 5.41) is 12.3. The maximum Gasteiger partial charge on any atom is 0.407 e. The SMILES string of the molecule is CC(C)(C)OC(=O)NCC(O)c1cccc(F)c1Br. The molecular formula is C13H17BrFNO3. The number of amides is 1. The molecule has 1 unspecified atom stereocenters. The van der Waals surface area contributed by atoms with Gasteiger partial charge in [0.15, 0.2) is 0 Å². The van der Waals surface area contributed by atoms with Crippen LogP contribution in [0.25, 0.3) is 0 Å². The van der Waals surface area contributed by atoms with E-state index in [9.17, 15) is 14.3 Å². The molecule has 0 aliphatic carbocycles. The lowest BCUT2D eigenvalue weighted by molar-refractivity contribution is 0.0491. The first-order valence-electron chi connectivity index (χ1n) is 5.79. The lowest BCUT2D eigenvalue weighted by Crippen LogP contribution is -2.34. The van der Waals surface area contributed by atoms with Gasteiger partial charge in [0.05, 0.1) is 17.1 Å². The van der Waals surface area contributed by atoms with Gasteiger partial charge in [0, 0.05) is 0 Å². The van der Waals surface area contributed by atoms with E-state index in [1.807, 2.05) is 0 Å². The Morgan fingerprint density at radius 3 is 2.74 bits per heavy atom. The Morgan fingerprint density at radius 1 is 1.53 bits per heavy atom. The molecule has 4 nitrogen and oxygen atoms in total. The number of aliphatic hydroxyl groups excluding tert-OH is 1. The van der Waals surface area contributed by atoms with Crippen molar-refractivity contribution in [1.29, 1.82) is 0 Å². The molecule has 1 rings (SSSR count). The van der Waals surface area contributed by atoms with Crippen LogP contribution in [-0.2, 0) is 4.74 Å². The molecule has 6 heteroatoms. The average molecular weight is 334 g/mol. The number of carbonyl (C=O) groups is 1. The summed E-state index contributed by atoms with van der Waals surface area (Å²) in [6.45, 7) is 5.17. The predicted molar refractivity (Wildman–Crippen MR) is 73.3 cm³/mol. The molecule has 0 bridgehead atoms. The summed E-state index contributed by atoms with van der Waals surface area (Å²) in [7, 11) is 0. The molecule has 0 spiro atoms. The molecule has 1 aromatic carbocycles. The van der Waals surface area contributed by atoms with E-state index < -0.39 is 23.6 Å². The Bertz CT molecular complexity index is 460. The number of benzene rings is 1. The highest BCUT2D eigenvalue weighted by molar-refractivity contribution is 9.10. The monoisotopic (exact) mass is 333 g/mol. The van der Waals surface area contributed by atoms with Gasteiger partial charge in [0.1, 0.15) is 11.4 Å². The molecule has 0 saturated heterocycles. The molecule has 106 valence electrons. The van der Waals surface area contributed by atoms with Crippen molar-refractivity contribution in [2.24, 2.45) is 0 Å². The third-order valence-electron chi connectivity index (χ3n) is 2.18. The Labute approximate surface area is 120 Å². The van der Waals surface area contributed by atoms with Crippen molar-refractivity contribution >= 4 is 22.0 Å². The minimum absolute atomic E-state index is 0.0586. The second-order valence-electron chi connectivity index (χ2n) is 5.04. The highest BCUT2D eigenvalue weighted by Gasteiger charge is 2.18. The van der Waals surface area contributed by atoms with E-state index in [1.165, 1.54) is 12.1 Å². The van der Waals surface area contributed by atoms with Crippen LogP contribution in [0.15, 0.2) is 22.7 Å². The first kappa shape index (κ1) is 15.9. The summed E-state index contributed by atoms with van der Waals surface area (Å²) >= 11 is 3.06. The van der Waals surface area contributed by atoms with Crippen LogP contribution in [0.3, 0.4) is 0 Å². The minimum atomic E-state index is -1.02. The number of carbonyl (C=O) groups excluding carboxylic acids is 1. The zero-order valence-corrected chi connectivity index (χ0v) is 12.6. The normalized spacial score (nSPS) is 12.9. The van der Waals surface area contributed by atoms with Crippen molar-refractivity contribution in [3.8, 4) is 0 Å². The topological polar surface area (TPSA) is 58.6 Å². The van der Waals surface area contributed by atoms with Crippen molar-refractivity contribution in [2.75, 3.05) is 6.54 Å². The zero-order chi connectivity index (χ0) is 14.6. The molecule has 1 amide bonds. The fourth-order valence-electron chi connectivity index (χ4n) is 1.38. The van der Waals surface area contributed by atoms with Gasteiger partial charge in [-0.2, -0.15) is 0 Å². The lowest BCUT2D eigenvalue weighted by Gasteiger charge is -2.21. The van der Waals surface area contributed by atoms with Crippen molar-refractivity contribution in [2.45, 2.75) is 32.5 Å². The Morgan fingerprint density at radius 2 is 2.16 bits per heavy atom. The van der Waals surface area contributed by atoms with Gasteiger partial charge in [-0.15, -0.1) is 0 Å². The smallest absolute Gasteiger partial charge is 0.407 e. The first-order chi connectivity index (χ1) is 8.70.